The van der Waals surface area contributed by atoms with Gasteiger partial charge in [-0.05, 0) is 147 Å². The number of nitrogens with zero attached hydrogens (tertiary/aromatic N) is 3. The van der Waals surface area contributed by atoms with Gasteiger partial charge in [-0.2, -0.15) is 15.8 Å². The number of nitrogen functional groups attached to an aromatic ring is 4. The molecule has 448 valence electrons. The molecular formula is C61H61F2N15O9. The zero-order valence-electron chi connectivity index (χ0n) is 47.1. The number of aliphatic carboxylic acids is 1. The molecule has 6 aromatic carbocycles. The van der Waals surface area contributed by atoms with Crippen LogP contribution >= 0.6 is 0 Å². The molecule has 3 atom stereocenters. The first-order chi connectivity index (χ1) is 41.7. The second-order valence-electron chi connectivity index (χ2n) is 18.8. The summed E-state index contributed by atoms with van der Waals surface area (Å²) in [4.78, 5) is 64.6. The van der Waals surface area contributed by atoms with Crippen LogP contribution in [0.4, 0.5) is 43.3 Å². The molecule has 18 N–H and O–H groups in total. The Hall–Kier alpha value is -11.8. The summed E-state index contributed by atoms with van der Waals surface area (Å²) in [7, 11) is 0. The summed E-state index contributed by atoms with van der Waals surface area (Å²) < 4.78 is 41.3. The third-order valence-electron chi connectivity index (χ3n) is 12.7. The number of hydrogen-bond acceptors (Lipinski definition) is 16. The first kappa shape index (κ1) is 64.3. The third-order valence-corrected chi connectivity index (χ3v) is 12.7. The Morgan fingerprint density at radius 3 is 1.13 bits per heavy atom. The standard InChI is InChI=1S/C21H20FN5O3.C19H19N5O2.C15H12N4O.C6H10FNO3/c1-2-17(26-19(28)10-22)21(29)25-12-3-5-13(6-4-12)30-14-7-8-18-15(9-14)16(11-23)20(24)27-18;1-2-16(21)19(25)23-11-3-5-12(6-4-11)26-13-7-8-17-14(9-13)15(10-20)18(22)24-17;16-8-13-12-7-11(5-6-14(12)19-15(13)18)20-10-3-1-9(17)2-4-10;1-2-4(6(10)11)8-5(9)3-7/h3-9,17,27H,2,10,24H2,1H3,(H,25,29)(H,26,28);3-9,16,24H,2,21-22H2,1H3,(H,23,25);1-7,19H,17-18H2;4H,2-3H2,1H3,(H,8,9)(H,10,11)/t17-;16-;;4-/m00.0/s1. The van der Waals surface area contributed by atoms with Crippen molar-refractivity contribution in [3.05, 3.63) is 144 Å². The maximum absolute atomic E-state index is 12.3. The van der Waals surface area contributed by atoms with Gasteiger partial charge < -0.3 is 84.2 Å². The number of alkyl halides is 2. The largest absolute Gasteiger partial charge is 0.480 e. The number of aromatic nitrogens is 3. The molecule has 0 aliphatic heterocycles. The van der Waals surface area contributed by atoms with Gasteiger partial charge in [-0.25, -0.2) is 13.6 Å². The Morgan fingerprint density at radius 2 is 0.816 bits per heavy atom. The van der Waals surface area contributed by atoms with Crippen molar-refractivity contribution in [1.29, 1.82) is 15.8 Å². The number of carbonyl (C=O) groups is 5. The van der Waals surface area contributed by atoms with E-state index in [1.807, 2.05) is 30.4 Å². The van der Waals surface area contributed by atoms with Crippen LogP contribution in [-0.2, 0) is 24.0 Å². The van der Waals surface area contributed by atoms with Crippen molar-refractivity contribution in [3.8, 4) is 52.7 Å². The first-order valence-corrected chi connectivity index (χ1v) is 26.6. The lowest BCUT2D eigenvalue weighted by atomic mass is 10.1. The molecule has 0 saturated heterocycles. The van der Waals surface area contributed by atoms with Crippen LogP contribution in [0.1, 0.15) is 56.7 Å². The number of rotatable bonds is 18. The number of fused-ring (bicyclic) bond motifs is 3. The van der Waals surface area contributed by atoms with Gasteiger partial charge in [-0.1, -0.05) is 20.8 Å². The van der Waals surface area contributed by atoms with Gasteiger partial charge in [0, 0.05) is 49.8 Å². The van der Waals surface area contributed by atoms with Crippen LogP contribution in [0, 0.1) is 34.0 Å². The number of nitrogens with two attached hydrogens (primary N) is 5. The predicted molar refractivity (Wildman–Crippen MR) is 326 cm³/mol. The van der Waals surface area contributed by atoms with Crippen LogP contribution in [0.2, 0.25) is 0 Å². The summed E-state index contributed by atoms with van der Waals surface area (Å²) in [6.07, 6.45) is 1.15. The normalized spacial score (nSPS) is 11.4. The van der Waals surface area contributed by atoms with E-state index >= 15 is 0 Å². The quantitative estimate of drug-likeness (QED) is 0.0356. The van der Waals surface area contributed by atoms with Crippen LogP contribution in [0.15, 0.2) is 127 Å². The molecule has 0 aliphatic carbocycles. The summed E-state index contributed by atoms with van der Waals surface area (Å²) in [5.41, 5.74) is 34.0. The number of amides is 4. The van der Waals surface area contributed by atoms with E-state index < -0.39 is 55.2 Å². The van der Waals surface area contributed by atoms with E-state index in [2.05, 4.69) is 49.1 Å². The highest BCUT2D eigenvalue weighted by molar-refractivity contribution is 5.98. The number of halogens is 2. The van der Waals surface area contributed by atoms with Crippen molar-refractivity contribution < 1.29 is 52.1 Å². The predicted octanol–water partition coefficient (Wildman–Crippen LogP) is 9.24. The van der Waals surface area contributed by atoms with Crippen LogP contribution in [0.5, 0.6) is 34.5 Å². The molecule has 0 spiro atoms. The number of benzene rings is 6. The van der Waals surface area contributed by atoms with Gasteiger partial charge in [0.25, 0.3) is 11.8 Å². The number of hydrogen-bond donors (Lipinski definition) is 13. The fraction of sp³-hybridized carbons (Fsp3) is 0.180. The zero-order chi connectivity index (χ0) is 63.3. The number of anilines is 6. The minimum Gasteiger partial charge on any atom is -0.480 e. The smallest absolute Gasteiger partial charge is 0.326 e. The molecule has 3 heterocycles. The monoisotopic (exact) mass is 1190 g/mol. The average Bonchev–Trinajstić information content (AvgIpc) is 4.37. The van der Waals surface area contributed by atoms with E-state index in [1.54, 1.807) is 123 Å². The molecule has 26 heteroatoms. The first-order valence-electron chi connectivity index (χ1n) is 26.6. The van der Waals surface area contributed by atoms with E-state index in [9.17, 15) is 43.3 Å². The number of nitrogens with one attached hydrogen (secondary N) is 7. The van der Waals surface area contributed by atoms with Gasteiger partial charge >= 0.3 is 5.97 Å². The molecule has 0 radical (unpaired) electrons. The van der Waals surface area contributed by atoms with Gasteiger partial charge in [-0.15, -0.1) is 0 Å². The number of nitriles is 3. The summed E-state index contributed by atoms with van der Waals surface area (Å²) in [5, 5.41) is 47.8. The highest BCUT2D eigenvalue weighted by Crippen LogP contribution is 2.33. The number of carboxylic acids is 1. The third kappa shape index (κ3) is 17.4. The van der Waals surface area contributed by atoms with Gasteiger partial charge in [0.15, 0.2) is 13.3 Å². The zero-order valence-corrected chi connectivity index (χ0v) is 47.1. The average molecular weight is 1190 g/mol. The van der Waals surface area contributed by atoms with E-state index in [-0.39, 0.29) is 12.3 Å². The van der Waals surface area contributed by atoms with Gasteiger partial charge in [0.05, 0.1) is 6.04 Å². The molecule has 0 bridgehead atoms. The minimum absolute atomic E-state index is 0.222. The highest BCUT2D eigenvalue weighted by atomic mass is 19.1. The van der Waals surface area contributed by atoms with E-state index in [0.717, 1.165) is 21.9 Å². The fourth-order valence-electron chi connectivity index (χ4n) is 8.09. The SMILES string of the molecule is CC[C@H](N)C(=O)Nc1ccc(Oc2ccc3[nH]c(N)c(C#N)c3c2)cc1.CC[C@H](NC(=O)CF)C(=O)Nc1ccc(Oc2ccc3[nH]c(N)c(C#N)c3c2)cc1.CC[C@H](NC(=O)CF)C(=O)O.N#Cc1c(N)[nH]c2ccc(Oc3ccc(N)cc3)cc12. The van der Waals surface area contributed by atoms with E-state index in [1.165, 1.54) is 0 Å². The van der Waals surface area contributed by atoms with Crippen LogP contribution < -0.4 is 64.1 Å². The van der Waals surface area contributed by atoms with Crippen LogP contribution in [0.25, 0.3) is 32.7 Å². The molecule has 0 saturated carbocycles. The molecular weight excluding hydrogens is 1120 g/mol. The molecule has 0 fully saturated rings. The van der Waals surface area contributed by atoms with Crippen molar-refractivity contribution in [2.45, 2.75) is 58.2 Å². The Morgan fingerprint density at radius 1 is 0.494 bits per heavy atom. The molecule has 9 aromatic rings. The molecule has 4 amide bonds. The summed E-state index contributed by atoms with van der Waals surface area (Å²) in [6, 6.07) is 40.6. The maximum atomic E-state index is 12.3. The second-order valence-corrected chi connectivity index (χ2v) is 18.8. The summed E-state index contributed by atoms with van der Waals surface area (Å²) in [6.45, 7) is 2.81. The summed E-state index contributed by atoms with van der Waals surface area (Å²) >= 11 is 0. The van der Waals surface area contributed by atoms with Crippen molar-refractivity contribution in [2.75, 3.05) is 46.9 Å². The topological polar surface area (TPSA) is 430 Å². The van der Waals surface area contributed by atoms with Gasteiger partial charge in [0.2, 0.25) is 11.8 Å². The molecule has 0 unspecified atom stereocenters. The number of aromatic amines is 3. The molecule has 9 rings (SSSR count). The lowest BCUT2D eigenvalue weighted by Gasteiger charge is -2.16. The number of H-pyrrole nitrogens is 3. The maximum Gasteiger partial charge on any atom is 0.326 e. The minimum atomic E-state index is -1.18. The van der Waals surface area contributed by atoms with Crippen LogP contribution in [-0.4, -0.2) is 81.1 Å². The van der Waals surface area contributed by atoms with Crippen molar-refractivity contribution >= 4 is 96.8 Å². The van der Waals surface area contributed by atoms with Crippen LogP contribution in [0.3, 0.4) is 0 Å². The molecule has 3 aromatic heterocycles. The number of ether oxygens (including phenoxy) is 3. The second kappa shape index (κ2) is 30.5. The molecule has 24 nitrogen and oxygen atoms in total. The molecule has 0 aliphatic rings. The van der Waals surface area contributed by atoms with Crippen molar-refractivity contribution in [2.24, 2.45) is 5.73 Å². The van der Waals surface area contributed by atoms with E-state index in [0.29, 0.717) is 109 Å². The van der Waals surface area contributed by atoms with Crippen molar-refractivity contribution in [1.82, 2.24) is 25.6 Å². The fourth-order valence-corrected chi connectivity index (χ4v) is 8.09. The Labute approximate surface area is 496 Å². The Kier molecular flexibility index (Phi) is 22.5. The number of carboxylic acid groups (broad SMARTS) is 1. The number of carbonyl (C=O) groups excluding carboxylic acids is 4. The lowest BCUT2D eigenvalue weighted by molar-refractivity contribution is -0.142. The summed E-state index contributed by atoms with van der Waals surface area (Å²) in [5.74, 6) is 1.03. The van der Waals surface area contributed by atoms with E-state index in [4.69, 9.17) is 53.2 Å². The van der Waals surface area contributed by atoms with Crippen molar-refractivity contribution in [3.63, 3.8) is 0 Å². The van der Waals surface area contributed by atoms with Gasteiger partial charge in [-0.3, -0.25) is 19.2 Å². The highest BCUT2D eigenvalue weighted by Gasteiger charge is 2.20. The van der Waals surface area contributed by atoms with Gasteiger partial charge in [0.1, 0.15) is 98.9 Å². The molecule has 87 heavy (non-hydrogen) atoms. The Balaban J connectivity index is 0.000000195. The Bertz CT molecular complexity index is 4030. The lowest BCUT2D eigenvalue weighted by Crippen LogP contribution is -2.43.